The molecule has 1 aliphatic heterocycles. The summed E-state index contributed by atoms with van der Waals surface area (Å²) >= 11 is 0. The van der Waals surface area contributed by atoms with Gasteiger partial charge in [0.2, 0.25) is 0 Å². The zero-order chi connectivity index (χ0) is 19.8. The fourth-order valence-electron chi connectivity index (χ4n) is 4.21. The largest absolute Gasteiger partial charge is 0.494 e. The highest BCUT2D eigenvalue weighted by molar-refractivity contribution is 5.73. The Morgan fingerprint density at radius 2 is 2.00 bits per heavy atom. The average molecular weight is 381 g/mol. The third-order valence-corrected chi connectivity index (χ3v) is 5.37. The molecular weight excluding hydrogens is 362 g/mol. The number of nitro groups is 2. The maximum absolute atomic E-state index is 11.7. The highest BCUT2D eigenvalue weighted by Crippen LogP contribution is 2.53. The van der Waals surface area contributed by atoms with E-state index in [0.29, 0.717) is 18.0 Å². The van der Waals surface area contributed by atoms with Crippen LogP contribution in [0, 0.1) is 26.1 Å². The normalized spacial score (nSPS) is 22.1. The van der Waals surface area contributed by atoms with E-state index >= 15 is 0 Å². The summed E-state index contributed by atoms with van der Waals surface area (Å²) in [6, 6.07) is 9.48. The molecule has 1 aliphatic carbocycles. The Kier molecular flexibility index (Phi) is 4.46. The van der Waals surface area contributed by atoms with E-state index in [1.807, 2.05) is 19.1 Å². The minimum atomic E-state index is -0.429. The Morgan fingerprint density at radius 1 is 1.18 bits per heavy atom. The Hall–Kier alpha value is -3.42. The monoisotopic (exact) mass is 381 g/mol. The van der Waals surface area contributed by atoms with Crippen LogP contribution in [-0.2, 0) is 0 Å². The highest BCUT2D eigenvalue weighted by atomic mass is 16.6. The van der Waals surface area contributed by atoms with Gasteiger partial charge in [0.25, 0.3) is 11.4 Å². The van der Waals surface area contributed by atoms with Crippen molar-refractivity contribution in [2.75, 3.05) is 11.9 Å². The molecule has 1 heterocycles. The van der Waals surface area contributed by atoms with Crippen LogP contribution in [0.1, 0.15) is 36.4 Å². The van der Waals surface area contributed by atoms with E-state index < -0.39 is 9.85 Å². The smallest absolute Gasteiger partial charge is 0.296 e. The number of non-ortho nitro benzene ring substituents is 1. The minimum absolute atomic E-state index is 0.00814. The molecule has 144 valence electrons. The zero-order valence-corrected chi connectivity index (χ0v) is 15.2. The molecule has 8 heteroatoms. The molecule has 0 saturated heterocycles. The van der Waals surface area contributed by atoms with Crippen LogP contribution in [0.5, 0.6) is 5.75 Å². The van der Waals surface area contributed by atoms with E-state index in [1.54, 1.807) is 12.1 Å². The van der Waals surface area contributed by atoms with Crippen molar-refractivity contribution in [1.82, 2.24) is 0 Å². The number of hydrogen-bond acceptors (Lipinski definition) is 6. The number of hydrogen-bond donors (Lipinski definition) is 1. The van der Waals surface area contributed by atoms with Gasteiger partial charge in [-0.25, -0.2) is 0 Å². The molecule has 0 saturated carbocycles. The van der Waals surface area contributed by atoms with Crippen LogP contribution in [0.2, 0.25) is 0 Å². The van der Waals surface area contributed by atoms with E-state index in [-0.39, 0.29) is 29.3 Å². The zero-order valence-electron chi connectivity index (χ0n) is 15.2. The molecule has 2 aromatic carbocycles. The van der Waals surface area contributed by atoms with E-state index in [2.05, 4.69) is 17.5 Å². The molecule has 2 aromatic rings. The first-order valence-electron chi connectivity index (χ1n) is 9.12. The second-order valence-electron chi connectivity index (χ2n) is 6.92. The molecule has 8 nitrogen and oxygen atoms in total. The summed E-state index contributed by atoms with van der Waals surface area (Å²) in [5.41, 5.74) is 2.00. The van der Waals surface area contributed by atoms with Gasteiger partial charge in [0.1, 0.15) is 11.4 Å². The molecule has 0 spiro atoms. The SMILES string of the molecule is CCOc1cc2c(c([N+](=O)[O-])c1)N[C@@H](c1cccc([N+](=O)[O-])c1)[C@@H]1CC=C[C@H]21. The van der Waals surface area contributed by atoms with E-state index in [4.69, 9.17) is 4.74 Å². The lowest BCUT2D eigenvalue weighted by atomic mass is 9.76. The van der Waals surface area contributed by atoms with E-state index in [0.717, 1.165) is 17.5 Å². The Bertz CT molecular complexity index is 988. The van der Waals surface area contributed by atoms with Gasteiger partial charge in [0.15, 0.2) is 0 Å². The lowest BCUT2D eigenvalue weighted by Gasteiger charge is -2.37. The summed E-state index contributed by atoms with van der Waals surface area (Å²) < 4.78 is 5.53. The molecule has 0 unspecified atom stereocenters. The summed E-state index contributed by atoms with van der Waals surface area (Å²) in [6.07, 6.45) is 4.92. The summed E-state index contributed by atoms with van der Waals surface area (Å²) in [6.45, 7) is 2.25. The molecule has 0 aromatic heterocycles. The van der Waals surface area contributed by atoms with E-state index in [9.17, 15) is 20.2 Å². The van der Waals surface area contributed by atoms with Crippen molar-refractivity contribution in [2.24, 2.45) is 5.92 Å². The Labute approximate surface area is 161 Å². The van der Waals surface area contributed by atoms with Gasteiger partial charge in [-0.2, -0.15) is 0 Å². The second-order valence-corrected chi connectivity index (χ2v) is 6.92. The maximum Gasteiger partial charge on any atom is 0.296 e. The summed E-state index contributed by atoms with van der Waals surface area (Å²) in [4.78, 5) is 22.0. The van der Waals surface area contributed by atoms with Crippen molar-refractivity contribution in [1.29, 1.82) is 0 Å². The predicted molar refractivity (Wildman–Crippen MR) is 104 cm³/mol. The number of rotatable bonds is 5. The Morgan fingerprint density at radius 3 is 2.71 bits per heavy atom. The lowest BCUT2D eigenvalue weighted by molar-refractivity contribution is -0.384. The second kappa shape index (κ2) is 6.95. The quantitative estimate of drug-likeness (QED) is 0.456. The molecule has 0 amide bonds. The lowest BCUT2D eigenvalue weighted by Crippen LogP contribution is -2.29. The molecule has 28 heavy (non-hydrogen) atoms. The fourth-order valence-corrected chi connectivity index (χ4v) is 4.21. The Balaban J connectivity index is 1.83. The third kappa shape index (κ3) is 2.96. The topological polar surface area (TPSA) is 108 Å². The predicted octanol–water partition coefficient (Wildman–Crippen LogP) is 4.73. The maximum atomic E-state index is 11.7. The van der Waals surface area contributed by atoms with Crippen LogP contribution in [0.3, 0.4) is 0 Å². The average Bonchev–Trinajstić information content (AvgIpc) is 3.17. The van der Waals surface area contributed by atoms with Crippen LogP contribution in [0.25, 0.3) is 0 Å². The molecule has 0 bridgehead atoms. The van der Waals surface area contributed by atoms with E-state index in [1.165, 1.54) is 12.1 Å². The van der Waals surface area contributed by atoms with Crippen LogP contribution in [-0.4, -0.2) is 16.5 Å². The van der Waals surface area contributed by atoms with Gasteiger partial charge in [-0.3, -0.25) is 20.2 Å². The molecule has 0 radical (unpaired) electrons. The molecule has 0 fully saturated rings. The van der Waals surface area contributed by atoms with Crippen molar-refractivity contribution >= 4 is 17.1 Å². The first kappa shape index (κ1) is 18.0. The van der Waals surface area contributed by atoms with Crippen LogP contribution in [0.4, 0.5) is 17.1 Å². The number of fused-ring (bicyclic) bond motifs is 3. The first-order valence-corrected chi connectivity index (χ1v) is 9.12. The van der Waals surface area contributed by atoms with Gasteiger partial charge in [-0.1, -0.05) is 24.3 Å². The highest BCUT2D eigenvalue weighted by Gasteiger charge is 2.41. The molecule has 3 atom stereocenters. The van der Waals surface area contributed by atoms with Crippen LogP contribution < -0.4 is 10.1 Å². The van der Waals surface area contributed by atoms with Gasteiger partial charge in [-0.05, 0) is 36.5 Å². The van der Waals surface area contributed by atoms with Gasteiger partial charge < -0.3 is 10.1 Å². The summed E-state index contributed by atoms with van der Waals surface area (Å²) in [7, 11) is 0. The van der Waals surface area contributed by atoms with Gasteiger partial charge >= 0.3 is 0 Å². The standard InChI is InChI=1S/C20H19N3O5/c1-2-28-14-10-17-15-7-4-8-16(15)19(21-20(17)18(11-14)23(26)27)12-5-3-6-13(9-12)22(24)25/h3-7,9-11,15-16,19,21H,2,8H2,1H3/t15-,16+,19-/m0/s1. The van der Waals surface area contributed by atoms with Crippen molar-refractivity contribution in [3.63, 3.8) is 0 Å². The molecule has 1 N–H and O–H groups in total. The van der Waals surface area contributed by atoms with Gasteiger partial charge in [-0.15, -0.1) is 0 Å². The first-order chi connectivity index (χ1) is 13.5. The van der Waals surface area contributed by atoms with Crippen molar-refractivity contribution in [3.8, 4) is 5.75 Å². The van der Waals surface area contributed by atoms with Crippen LogP contribution in [0.15, 0.2) is 48.6 Å². The third-order valence-electron chi connectivity index (χ3n) is 5.37. The van der Waals surface area contributed by atoms with Crippen LogP contribution >= 0.6 is 0 Å². The van der Waals surface area contributed by atoms with Crippen molar-refractivity contribution in [2.45, 2.75) is 25.3 Å². The van der Waals surface area contributed by atoms with Gasteiger partial charge in [0, 0.05) is 18.1 Å². The summed E-state index contributed by atoms with van der Waals surface area (Å²) in [5.74, 6) is 0.577. The molecule has 4 rings (SSSR count). The number of nitrogens with zero attached hydrogens (tertiary/aromatic N) is 2. The number of allylic oxidation sites excluding steroid dienone is 2. The number of nitro benzene ring substituents is 2. The number of benzene rings is 2. The van der Waals surface area contributed by atoms with Gasteiger partial charge in [0.05, 0.1) is 28.6 Å². The molecule has 2 aliphatic rings. The minimum Gasteiger partial charge on any atom is -0.494 e. The van der Waals surface area contributed by atoms with Crippen molar-refractivity contribution in [3.05, 3.63) is 79.9 Å². The number of anilines is 1. The summed E-state index contributed by atoms with van der Waals surface area (Å²) in [5, 5.41) is 26.2. The molecular formula is C20H19N3O5. The number of ether oxygens (including phenoxy) is 1. The fraction of sp³-hybridized carbons (Fsp3) is 0.300. The van der Waals surface area contributed by atoms with Crippen molar-refractivity contribution < 1.29 is 14.6 Å². The number of nitrogens with one attached hydrogen (secondary N) is 1.